The average molecular weight is 231 g/mol. The first kappa shape index (κ1) is 13.3. The molecular formula is C14H17NO2. The number of nitrogens with zero attached hydrogens (tertiary/aromatic N) is 1. The Kier molecular flexibility index (Phi) is 5.27. The average Bonchev–Trinajstić information content (AvgIpc) is 2.36. The predicted molar refractivity (Wildman–Crippen MR) is 67.4 cm³/mol. The third kappa shape index (κ3) is 4.72. The summed E-state index contributed by atoms with van der Waals surface area (Å²) in [6.07, 6.45) is 4.56. The Morgan fingerprint density at radius 1 is 1.29 bits per heavy atom. The molecule has 0 aliphatic rings. The summed E-state index contributed by atoms with van der Waals surface area (Å²) in [4.78, 5) is 26.9. The molecule has 3 heteroatoms. The lowest BCUT2D eigenvalue weighted by molar-refractivity contribution is -0.122. The summed E-state index contributed by atoms with van der Waals surface area (Å²) >= 11 is 0. The maximum atomic E-state index is 11.7. The van der Waals surface area contributed by atoms with Crippen molar-refractivity contribution in [3.63, 3.8) is 0 Å². The normalized spacial score (nSPS) is 11.3. The number of hydrogen-bond acceptors (Lipinski definition) is 3. The lowest BCUT2D eigenvalue weighted by Crippen LogP contribution is -2.04. The van der Waals surface area contributed by atoms with Gasteiger partial charge in [0.15, 0.2) is 5.78 Å². The zero-order valence-electron chi connectivity index (χ0n) is 10.3. The molecule has 3 nitrogen and oxygen atoms in total. The van der Waals surface area contributed by atoms with Crippen LogP contribution >= 0.6 is 0 Å². The summed E-state index contributed by atoms with van der Waals surface area (Å²) in [5.74, 6) is 0.140. The highest BCUT2D eigenvalue weighted by molar-refractivity contribution is 6.00. The quantitative estimate of drug-likeness (QED) is 0.707. The van der Waals surface area contributed by atoms with E-state index in [0.717, 1.165) is 5.69 Å². The van der Waals surface area contributed by atoms with Gasteiger partial charge >= 0.3 is 0 Å². The van der Waals surface area contributed by atoms with E-state index in [1.54, 1.807) is 19.2 Å². The van der Waals surface area contributed by atoms with Crippen molar-refractivity contribution in [2.24, 2.45) is 0 Å². The van der Waals surface area contributed by atoms with E-state index in [9.17, 15) is 9.59 Å². The fourth-order valence-corrected chi connectivity index (χ4v) is 1.39. The summed E-state index contributed by atoms with van der Waals surface area (Å²) < 4.78 is 0. The van der Waals surface area contributed by atoms with Gasteiger partial charge in [0.05, 0.1) is 5.69 Å². The number of ketones is 2. The standard InChI is InChI=1S/C14H17NO2/c1-3-13(16)7-8-14(17)11(2)10-12-6-4-5-9-15-12/h4-6,9-10H,3,7-8H2,1-2H3/b11-10+. The highest BCUT2D eigenvalue weighted by Crippen LogP contribution is 2.08. The van der Waals surface area contributed by atoms with E-state index in [1.807, 2.05) is 25.1 Å². The Morgan fingerprint density at radius 2 is 2.06 bits per heavy atom. The van der Waals surface area contributed by atoms with Crippen LogP contribution in [0.15, 0.2) is 30.0 Å². The van der Waals surface area contributed by atoms with Crippen molar-refractivity contribution in [3.8, 4) is 0 Å². The maximum Gasteiger partial charge on any atom is 0.159 e. The second-order valence-electron chi connectivity index (χ2n) is 3.90. The molecule has 0 bridgehead atoms. The van der Waals surface area contributed by atoms with Gasteiger partial charge in [-0.25, -0.2) is 0 Å². The molecule has 90 valence electrons. The molecule has 0 aliphatic carbocycles. The molecule has 0 amide bonds. The number of rotatable bonds is 6. The monoisotopic (exact) mass is 231 g/mol. The van der Waals surface area contributed by atoms with Crippen LogP contribution in [0.4, 0.5) is 0 Å². The van der Waals surface area contributed by atoms with Gasteiger partial charge in [-0.1, -0.05) is 13.0 Å². The van der Waals surface area contributed by atoms with Crippen LogP contribution in [-0.2, 0) is 9.59 Å². The summed E-state index contributed by atoms with van der Waals surface area (Å²) in [5, 5.41) is 0. The molecule has 0 saturated heterocycles. The summed E-state index contributed by atoms with van der Waals surface area (Å²) in [6, 6.07) is 5.54. The minimum atomic E-state index is 0.0115. The van der Waals surface area contributed by atoms with Crippen molar-refractivity contribution in [1.29, 1.82) is 0 Å². The van der Waals surface area contributed by atoms with Gasteiger partial charge in [0.2, 0.25) is 0 Å². The molecule has 0 fully saturated rings. The van der Waals surface area contributed by atoms with Crippen LogP contribution in [-0.4, -0.2) is 16.6 Å². The first-order valence-corrected chi connectivity index (χ1v) is 5.77. The number of aromatic nitrogens is 1. The molecule has 0 spiro atoms. The van der Waals surface area contributed by atoms with Crippen molar-refractivity contribution >= 4 is 17.6 Å². The lowest BCUT2D eigenvalue weighted by atomic mass is 10.0. The predicted octanol–water partition coefficient (Wildman–Crippen LogP) is 2.81. The van der Waals surface area contributed by atoms with Crippen LogP contribution in [0.25, 0.3) is 6.08 Å². The summed E-state index contributed by atoms with van der Waals surface area (Å²) in [5.41, 5.74) is 1.41. The minimum Gasteiger partial charge on any atom is -0.300 e. The number of carbonyl (C=O) groups is 2. The van der Waals surface area contributed by atoms with Gasteiger partial charge < -0.3 is 0 Å². The van der Waals surface area contributed by atoms with Crippen LogP contribution in [0.2, 0.25) is 0 Å². The second-order valence-corrected chi connectivity index (χ2v) is 3.90. The molecule has 1 aromatic rings. The van der Waals surface area contributed by atoms with E-state index in [2.05, 4.69) is 4.98 Å². The fourth-order valence-electron chi connectivity index (χ4n) is 1.39. The topological polar surface area (TPSA) is 47.0 Å². The zero-order valence-corrected chi connectivity index (χ0v) is 10.3. The molecule has 1 rings (SSSR count). The molecule has 0 aliphatic heterocycles. The highest BCUT2D eigenvalue weighted by atomic mass is 16.1. The molecule has 0 saturated carbocycles. The third-order valence-corrected chi connectivity index (χ3v) is 2.52. The van der Waals surface area contributed by atoms with Crippen LogP contribution in [0.5, 0.6) is 0 Å². The van der Waals surface area contributed by atoms with Gasteiger partial charge in [-0.15, -0.1) is 0 Å². The van der Waals surface area contributed by atoms with Gasteiger partial charge in [-0.2, -0.15) is 0 Å². The minimum absolute atomic E-state index is 0.0115. The van der Waals surface area contributed by atoms with Crippen LogP contribution in [0, 0.1) is 0 Å². The SMILES string of the molecule is CCC(=O)CCC(=O)/C(C)=C/c1ccccn1. The zero-order chi connectivity index (χ0) is 12.7. The molecule has 1 heterocycles. The van der Waals surface area contributed by atoms with E-state index in [4.69, 9.17) is 0 Å². The van der Waals surface area contributed by atoms with E-state index >= 15 is 0 Å². The maximum absolute atomic E-state index is 11.7. The van der Waals surface area contributed by atoms with Gasteiger partial charge in [0.1, 0.15) is 5.78 Å². The number of allylic oxidation sites excluding steroid dienone is 1. The molecule has 0 aromatic carbocycles. The fraction of sp³-hybridized carbons (Fsp3) is 0.357. The Bertz CT molecular complexity index is 421. The van der Waals surface area contributed by atoms with Gasteiger partial charge in [-0.05, 0) is 30.7 Å². The van der Waals surface area contributed by atoms with E-state index in [-0.39, 0.29) is 11.6 Å². The molecule has 0 N–H and O–H groups in total. The van der Waals surface area contributed by atoms with Crippen LogP contribution in [0.1, 0.15) is 38.8 Å². The Morgan fingerprint density at radius 3 is 2.65 bits per heavy atom. The first-order valence-electron chi connectivity index (χ1n) is 5.77. The van der Waals surface area contributed by atoms with Crippen LogP contribution < -0.4 is 0 Å². The van der Waals surface area contributed by atoms with Gasteiger partial charge in [0.25, 0.3) is 0 Å². The number of Topliss-reactive ketones (excluding diaryl/α,β-unsaturated/α-hetero) is 2. The second kappa shape index (κ2) is 6.74. The molecule has 17 heavy (non-hydrogen) atoms. The van der Waals surface area contributed by atoms with Crippen molar-refractivity contribution in [3.05, 3.63) is 35.7 Å². The van der Waals surface area contributed by atoms with E-state index in [0.29, 0.717) is 24.8 Å². The Hall–Kier alpha value is -1.77. The Labute approximate surface area is 102 Å². The smallest absolute Gasteiger partial charge is 0.159 e. The number of carbonyl (C=O) groups excluding carboxylic acids is 2. The van der Waals surface area contributed by atoms with E-state index in [1.165, 1.54) is 0 Å². The van der Waals surface area contributed by atoms with Crippen molar-refractivity contribution < 1.29 is 9.59 Å². The van der Waals surface area contributed by atoms with Gasteiger partial charge in [-0.3, -0.25) is 14.6 Å². The first-order chi connectivity index (χ1) is 8.13. The molecule has 0 radical (unpaired) electrons. The summed E-state index contributed by atoms with van der Waals surface area (Å²) in [6.45, 7) is 3.57. The number of hydrogen-bond donors (Lipinski definition) is 0. The van der Waals surface area contributed by atoms with E-state index < -0.39 is 0 Å². The summed E-state index contributed by atoms with van der Waals surface area (Å²) in [7, 11) is 0. The van der Waals surface area contributed by atoms with Crippen molar-refractivity contribution in [2.45, 2.75) is 33.1 Å². The van der Waals surface area contributed by atoms with Gasteiger partial charge in [0, 0.05) is 25.5 Å². The largest absolute Gasteiger partial charge is 0.300 e. The lowest BCUT2D eigenvalue weighted by Gasteiger charge is -2.00. The molecule has 1 aromatic heterocycles. The van der Waals surface area contributed by atoms with Crippen LogP contribution in [0.3, 0.4) is 0 Å². The molecule has 0 unspecified atom stereocenters. The third-order valence-electron chi connectivity index (χ3n) is 2.52. The molecule has 0 atom stereocenters. The van der Waals surface area contributed by atoms with Crippen molar-refractivity contribution in [1.82, 2.24) is 4.98 Å². The number of pyridine rings is 1. The highest BCUT2D eigenvalue weighted by Gasteiger charge is 2.07. The molecular weight excluding hydrogens is 214 g/mol. The van der Waals surface area contributed by atoms with Crippen molar-refractivity contribution in [2.75, 3.05) is 0 Å². The Balaban J connectivity index is 2.58.